The van der Waals surface area contributed by atoms with Crippen LogP contribution in [0.2, 0.25) is 0 Å². The lowest BCUT2D eigenvalue weighted by Crippen LogP contribution is -2.48. The van der Waals surface area contributed by atoms with E-state index in [1.165, 1.54) is 34.5 Å². The van der Waals surface area contributed by atoms with Crippen molar-refractivity contribution in [1.82, 2.24) is 14.4 Å². The van der Waals surface area contributed by atoms with Gasteiger partial charge >= 0.3 is 6.03 Å². The first-order chi connectivity index (χ1) is 23.2. The van der Waals surface area contributed by atoms with E-state index in [2.05, 4.69) is 15.8 Å². The number of aliphatic hydroxyl groups excluding tert-OH is 1. The number of hydrogen-bond acceptors (Lipinski definition) is 9. The number of amides is 3. The molecule has 2 aromatic carbocycles. The summed E-state index contributed by atoms with van der Waals surface area (Å²) < 4.78 is 59.0. The lowest BCUT2D eigenvalue weighted by molar-refractivity contribution is -0.00834. The molecule has 15 heteroatoms. The van der Waals surface area contributed by atoms with Gasteiger partial charge in [-0.2, -0.15) is 4.31 Å². The molecule has 3 aromatic rings. The van der Waals surface area contributed by atoms with Gasteiger partial charge in [0.2, 0.25) is 10.0 Å². The monoisotopic (exact) mass is 703 g/mol. The summed E-state index contributed by atoms with van der Waals surface area (Å²) in [5.74, 6) is -0.617. The lowest BCUT2D eigenvalue weighted by atomic mass is 10.0. The van der Waals surface area contributed by atoms with Crippen molar-refractivity contribution in [3.8, 4) is 5.75 Å². The number of carbonyl (C=O) groups is 2. The smallest absolute Gasteiger partial charge is 0.323 e. The number of ether oxygens (including phenoxy) is 2. The number of carbonyl (C=O) groups excluding carboxylic acids is 2. The zero-order chi connectivity index (χ0) is 35.9. The minimum Gasteiger partial charge on any atom is -0.490 e. The number of aliphatic hydroxyl groups is 1. The number of likely N-dealkylation sites (N-methyl/N-ethyl adjacent to an activating group) is 1. The molecule has 4 rings (SSSR count). The Morgan fingerprint density at radius 3 is 2.51 bits per heavy atom. The Bertz CT molecular complexity index is 1680. The van der Waals surface area contributed by atoms with Gasteiger partial charge in [-0.1, -0.05) is 12.1 Å². The summed E-state index contributed by atoms with van der Waals surface area (Å²) in [6, 6.07) is 8.22. The van der Waals surface area contributed by atoms with Gasteiger partial charge in [-0.15, -0.1) is 0 Å². The number of anilines is 2. The fourth-order valence-corrected chi connectivity index (χ4v) is 6.72. The van der Waals surface area contributed by atoms with Crippen molar-refractivity contribution >= 4 is 33.3 Å². The van der Waals surface area contributed by atoms with Crippen LogP contribution in [0.5, 0.6) is 5.75 Å². The van der Waals surface area contributed by atoms with Gasteiger partial charge in [0.1, 0.15) is 22.9 Å². The molecule has 0 aliphatic carbocycles. The van der Waals surface area contributed by atoms with Crippen molar-refractivity contribution in [3.63, 3.8) is 0 Å². The van der Waals surface area contributed by atoms with Gasteiger partial charge in [0.25, 0.3) is 5.91 Å². The topological polar surface area (TPSA) is 164 Å². The van der Waals surface area contributed by atoms with Crippen LogP contribution in [0.25, 0.3) is 0 Å². The lowest BCUT2D eigenvalue weighted by Gasteiger charge is -2.35. The quantitative estimate of drug-likeness (QED) is 0.287. The highest BCUT2D eigenvalue weighted by atomic mass is 32.2. The van der Waals surface area contributed by atoms with Gasteiger partial charge in [0, 0.05) is 38.3 Å². The number of hydrogen-bond donors (Lipinski definition) is 3. The SMILES string of the molecule is Cc1noc(C)c1NC(=O)Nc1ccc2c(c1)C(=O)N([C@@H](C)CO)C[C@@H](C)[C@H](CN(C)S(=O)(=O)c1ccc(F)cc1)OCCCC[C@@H](C)O2. The molecular weight excluding hydrogens is 657 g/mol. The first-order valence-corrected chi connectivity index (χ1v) is 17.7. The van der Waals surface area contributed by atoms with E-state index in [1.54, 1.807) is 32.9 Å². The molecule has 0 spiro atoms. The summed E-state index contributed by atoms with van der Waals surface area (Å²) in [6.45, 7) is 8.94. The summed E-state index contributed by atoms with van der Waals surface area (Å²) in [5, 5.41) is 19.5. The van der Waals surface area contributed by atoms with Crippen molar-refractivity contribution in [2.45, 2.75) is 77.0 Å². The third-order valence-corrected chi connectivity index (χ3v) is 10.4. The number of aryl methyl sites for hydroxylation is 2. The maximum atomic E-state index is 14.4. The zero-order valence-corrected chi connectivity index (χ0v) is 29.5. The molecule has 0 radical (unpaired) electrons. The minimum atomic E-state index is -3.97. The van der Waals surface area contributed by atoms with E-state index in [9.17, 15) is 27.5 Å². The highest BCUT2D eigenvalue weighted by molar-refractivity contribution is 7.89. The molecule has 2 heterocycles. The molecule has 0 unspecified atom stereocenters. The van der Waals surface area contributed by atoms with E-state index < -0.39 is 45.8 Å². The molecule has 3 amide bonds. The first kappa shape index (κ1) is 37.8. The summed E-state index contributed by atoms with van der Waals surface area (Å²) in [4.78, 5) is 28.7. The predicted molar refractivity (Wildman–Crippen MR) is 182 cm³/mol. The van der Waals surface area contributed by atoms with Crippen molar-refractivity contribution in [3.05, 3.63) is 65.3 Å². The summed E-state index contributed by atoms with van der Waals surface area (Å²) >= 11 is 0. The third kappa shape index (κ3) is 9.56. The van der Waals surface area contributed by atoms with Crippen LogP contribution in [0.15, 0.2) is 51.9 Å². The van der Waals surface area contributed by atoms with Gasteiger partial charge in [0.05, 0.1) is 35.3 Å². The molecule has 49 heavy (non-hydrogen) atoms. The highest BCUT2D eigenvalue weighted by Crippen LogP contribution is 2.29. The van der Waals surface area contributed by atoms with Gasteiger partial charge < -0.3 is 34.6 Å². The summed E-state index contributed by atoms with van der Waals surface area (Å²) in [5.41, 5.74) is 1.46. The molecule has 268 valence electrons. The van der Waals surface area contributed by atoms with Crippen LogP contribution >= 0.6 is 0 Å². The number of urea groups is 1. The number of nitrogens with zero attached hydrogens (tertiary/aromatic N) is 3. The number of nitrogens with one attached hydrogen (secondary N) is 2. The second-order valence-corrected chi connectivity index (χ2v) is 14.6. The molecule has 1 aliphatic rings. The van der Waals surface area contributed by atoms with Crippen LogP contribution in [-0.4, -0.2) is 91.4 Å². The Kier molecular flexibility index (Phi) is 12.8. The van der Waals surface area contributed by atoms with Crippen molar-refractivity contribution < 1.29 is 41.5 Å². The van der Waals surface area contributed by atoms with Crippen LogP contribution in [0.4, 0.5) is 20.6 Å². The van der Waals surface area contributed by atoms with E-state index in [4.69, 9.17) is 14.0 Å². The molecule has 0 fully saturated rings. The predicted octanol–water partition coefficient (Wildman–Crippen LogP) is 5.19. The molecule has 0 saturated heterocycles. The largest absolute Gasteiger partial charge is 0.490 e. The fourth-order valence-electron chi connectivity index (χ4n) is 5.54. The number of aromatic nitrogens is 1. The Hall–Kier alpha value is -4.05. The van der Waals surface area contributed by atoms with Gasteiger partial charge in [-0.25, -0.2) is 17.6 Å². The van der Waals surface area contributed by atoms with Crippen LogP contribution in [-0.2, 0) is 14.8 Å². The van der Waals surface area contributed by atoms with Crippen LogP contribution in [0.1, 0.15) is 61.8 Å². The molecule has 0 saturated carbocycles. The third-order valence-electron chi connectivity index (χ3n) is 8.54. The number of fused-ring (bicyclic) bond motifs is 1. The maximum Gasteiger partial charge on any atom is 0.323 e. The van der Waals surface area contributed by atoms with Crippen LogP contribution < -0.4 is 15.4 Å². The highest BCUT2D eigenvalue weighted by Gasteiger charge is 2.32. The molecule has 13 nitrogen and oxygen atoms in total. The van der Waals surface area contributed by atoms with E-state index in [1.807, 2.05) is 13.8 Å². The Balaban J connectivity index is 1.63. The fraction of sp³-hybridized carbons (Fsp3) is 0.500. The first-order valence-electron chi connectivity index (χ1n) is 16.3. The van der Waals surface area contributed by atoms with E-state index in [0.29, 0.717) is 48.0 Å². The van der Waals surface area contributed by atoms with Gasteiger partial charge in [-0.3, -0.25) is 4.79 Å². The number of halogens is 1. The van der Waals surface area contributed by atoms with Crippen LogP contribution in [0.3, 0.4) is 0 Å². The summed E-state index contributed by atoms with van der Waals surface area (Å²) in [7, 11) is -2.53. The Morgan fingerprint density at radius 1 is 1.14 bits per heavy atom. The molecular formula is C34H46FN5O8S. The molecule has 1 aliphatic heterocycles. The molecule has 4 atom stereocenters. The number of rotatable bonds is 8. The Morgan fingerprint density at radius 2 is 1.86 bits per heavy atom. The second kappa shape index (κ2) is 16.6. The van der Waals surface area contributed by atoms with E-state index >= 15 is 0 Å². The van der Waals surface area contributed by atoms with Crippen molar-refractivity contribution in [1.29, 1.82) is 0 Å². The van der Waals surface area contributed by atoms with E-state index in [-0.39, 0.29) is 36.3 Å². The Labute approximate surface area is 286 Å². The van der Waals surface area contributed by atoms with Gasteiger partial charge in [-0.05, 0) is 89.4 Å². The molecule has 3 N–H and O–H groups in total. The zero-order valence-electron chi connectivity index (χ0n) is 28.7. The standard InChI is InChI=1S/C34H46FN5O8S/c1-21-18-40(22(2)20-41)33(42)29-17-27(36-34(43)37-32-24(4)38-48-25(32)5)12-15-30(29)47-23(3)9-7-8-16-46-31(21)19-39(6)49(44,45)28-13-10-26(35)11-14-28/h10-15,17,21-23,31,41H,7-9,16,18-20H2,1-6H3,(H2,36,37,43)/t21-,22+,23-,31+/m1/s1. The average molecular weight is 704 g/mol. The minimum absolute atomic E-state index is 0.0270. The van der Waals surface area contributed by atoms with E-state index in [0.717, 1.165) is 18.6 Å². The number of sulfonamides is 1. The number of benzene rings is 2. The van der Waals surface area contributed by atoms with Crippen LogP contribution in [0, 0.1) is 25.6 Å². The molecule has 1 aromatic heterocycles. The molecule has 0 bridgehead atoms. The summed E-state index contributed by atoms with van der Waals surface area (Å²) in [6.07, 6.45) is 1.22. The second-order valence-electron chi connectivity index (χ2n) is 12.5. The van der Waals surface area contributed by atoms with Crippen molar-refractivity contribution in [2.24, 2.45) is 5.92 Å². The van der Waals surface area contributed by atoms with Crippen molar-refractivity contribution in [2.75, 3.05) is 44.0 Å². The maximum absolute atomic E-state index is 14.4. The average Bonchev–Trinajstić information content (AvgIpc) is 3.38. The normalized spacial score (nSPS) is 20.2. The van der Waals surface area contributed by atoms with Gasteiger partial charge in [0.15, 0.2) is 5.76 Å².